The van der Waals surface area contributed by atoms with Crippen LogP contribution in [-0.2, 0) is 13.6 Å². The molecule has 0 unspecified atom stereocenters. The van der Waals surface area contributed by atoms with Crippen LogP contribution in [0.1, 0.15) is 17.2 Å². The number of hydrogen-bond acceptors (Lipinski definition) is 3. The summed E-state index contributed by atoms with van der Waals surface area (Å²) in [5.74, 6) is 1.51. The summed E-state index contributed by atoms with van der Waals surface area (Å²) in [5, 5.41) is 11.3. The van der Waals surface area contributed by atoms with Crippen LogP contribution in [0.15, 0.2) is 18.2 Å². The average molecular weight is 234 g/mol. The SMILES string of the molecule is Cc1cc(F)ccc1NCc1nnc(C)n1C. The molecule has 2 rings (SSSR count). The number of aromatic nitrogens is 3. The molecule has 1 N–H and O–H groups in total. The normalized spacial score (nSPS) is 10.6. The van der Waals surface area contributed by atoms with Gasteiger partial charge < -0.3 is 9.88 Å². The molecule has 0 aliphatic heterocycles. The third-order valence-corrected chi connectivity index (χ3v) is 2.81. The number of halogens is 1. The van der Waals surface area contributed by atoms with Gasteiger partial charge in [0.15, 0.2) is 5.82 Å². The Morgan fingerprint density at radius 1 is 1.29 bits per heavy atom. The maximum atomic E-state index is 12.9. The Bertz CT molecular complexity index is 533. The molecule has 17 heavy (non-hydrogen) atoms. The van der Waals surface area contributed by atoms with E-state index in [0.29, 0.717) is 6.54 Å². The fourth-order valence-electron chi connectivity index (χ4n) is 1.60. The summed E-state index contributed by atoms with van der Waals surface area (Å²) in [6.45, 7) is 4.34. The Morgan fingerprint density at radius 2 is 2.06 bits per heavy atom. The molecule has 0 aliphatic rings. The van der Waals surface area contributed by atoms with Gasteiger partial charge in [0.25, 0.3) is 0 Å². The monoisotopic (exact) mass is 234 g/mol. The maximum absolute atomic E-state index is 12.9. The van der Waals surface area contributed by atoms with Gasteiger partial charge in [-0.15, -0.1) is 10.2 Å². The zero-order valence-corrected chi connectivity index (χ0v) is 10.2. The van der Waals surface area contributed by atoms with Crippen molar-refractivity contribution in [2.75, 3.05) is 5.32 Å². The predicted octanol–water partition coefficient (Wildman–Crippen LogP) is 2.18. The Balaban J connectivity index is 2.10. The van der Waals surface area contributed by atoms with Crippen LogP contribution in [0.3, 0.4) is 0 Å². The molecular formula is C12H15FN4. The molecule has 1 aromatic carbocycles. The summed E-state index contributed by atoms with van der Waals surface area (Å²) in [4.78, 5) is 0. The Labute approximate surface area is 99.5 Å². The molecule has 0 radical (unpaired) electrons. The van der Waals surface area contributed by atoms with Crippen LogP contribution in [0, 0.1) is 19.7 Å². The molecule has 1 heterocycles. The zero-order chi connectivity index (χ0) is 12.4. The zero-order valence-electron chi connectivity index (χ0n) is 10.2. The Hall–Kier alpha value is -1.91. The van der Waals surface area contributed by atoms with Gasteiger partial charge in [0, 0.05) is 12.7 Å². The third-order valence-electron chi connectivity index (χ3n) is 2.81. The standard InChI is InChI=1S/C12H15FN4/c1-8-6-10(13)4-5-11(8)14-7-12-16-15-9(2)17(12)3/h4-6,14H,7H2,1-3H3. The minimum atomic E-state index is -0.220. The van der Waals surface area contributed by atoms with E-state index in [4.69, 9.17) is 0 Å². The molecule has 1 aromatic heterocycles. The van der Waals surface area contributed by atoms with E-state index in [9.17, 15) is 4.39 Å². The lowest BCUT2D eigenvalue weighted by Crippen LogP contribution is -2.07. The molecular weight excluding hydrogens is 219 g/mol. The highest BCUT2D eigenvalue weighted by atomic mass is 19.1. The molecule has 0 aliphatic carbocycles. The average Bonchev–Trinajstić information content (AvgIpc) is 2.59. The van der Waals surface area contributed by atoms with Gasteiger partial charge >= 0.3 is 0 Å². The second-order valence-electron chi connectivity index (χ2n) is 4.04. The van der Waals surface area contributed by atoms with Crippen molar-refractivity contribution in [3.8, 4) is 0 Å². The van der Waals surface area contributed by atoms with E-state index in [2.05, 4.69) is 15.5 Å². The minimum Gasteiger partial charge on any atom is -0.378 e. The smallest absolute Gasteiger partial charge is 0.152 e. The predicted molar refractivity (Wildman–Crippen MR) is 64.2 cm³/mol. The number of nitrogens with one attached hydrogen (secondary N) is 1. The Morgan fingerprint density at radius 3 is 2.65 bits per heavy atom. The van der Waals surface area contributed by atoms with E-state index in [0.717, 1.165) is 22.9 Å². The number of anilines is 1. The van der Waals surface area contributed by atoms with Crippen LogP contribution in [0.5, 0.6) is 0 Å². The topological polar surface area (TPSA) is 42.7 Å². The van der Waals surface area contributed by atoms with Crippen molar-refractivity contribution in [2.45, 2.75) is 20.4 Å². The van der Waals surface area contributed by atoms with Gasteiger partial charge in [0.1, 0.15) is 11.6 Å². The molecule has 0 saturated heterocycles. The van der Waals surface area contributed by atoms with E-state index in [1.165, 1.54) is 12.1 Å². The van der Waals surface area contributed by atoms with Crippen molar-refractivity contribution < 1.29 is 4.39 Å². The number of hydrogen-bond donors (Lipinski definition) is 1. The number of aryl methyl sites for hydroxylation is 2. The summed E-state index contributed by atoms with van der Waals surface area (Å²) in [5.41, 5.74) is 1.79. The van der Waals surface area contributed by atoms with Gasteiger partial charge in [-0.25, -0.2) is 4.39 Å². The van der Waals surface area contributed by atoms with Crippen molar-refractivity contribution >= 4 is 5.69 Å². The molecule has 0 atom stereocenters. The molecule has 0 amide bonds. The van der Waals surface area contributed by atoms with Crippen LogP contribution < -0.4 is 5.32 Å². The van der Waals surface area contributed by atoms with Gasteiger partial charge in [-0.3, -0.25) is 0 Å². The molecule has 0 fully saturated rings. The molecule has 2 aromatic rings. The largest absolute Gasteiger partial charge is 0.378 e. The lowest BCUT2D eigenvalue weighted by molar-refractivity contribution is 0.627. The molecule has 0 saturated carbocycles. The quantitative estimate of drug-likeness (QED) is 0.885. The second-order valence-corrected chi connectivity index (χ2v) is 4.04. The number of nitrogens with zero attached hydrogens (tertiary/aromatic N) is 3. The number of benzene rings is 1. The minimum absolute atomic E-state index is 0.220. The molecule has 0 bridgehead atoms. The van der Waals surface area contributed by atoms with E-state index < -0.39 is 0 Å². The molecule has 4 nitrogen and oxygen atoms in total. The van der Waals surface area contributed by atoms with Gasteiger partial charge in [-0.1, -0.05) is 0 Å². The fraction of sp³-hybridized carbons (Fsp3) is 0.333. The molecule has 5 heteroatoms. The van der Waals surface area contributed by atoms with Crippen LogP contribution in [-0.4, -0.2) is 14.8 Å². The molecule has 90 valence electrons. The maximum Gasteiger partial charge on any atom is 0.152 e. The summed E-state index contributed by atoms with van der Waals surface area (Å²) in [7, 11) is 1.92. The summed E-state index contributed by atoms with van der Waals surface area (Å²) < 4.78 is 14.8. The highest BCUT2D eigenvalue weighted by molar-refractivity contribution is 5.50. The first-order valence-electron chi connectivity index (χ1n) is 5.43. The van der Waals surface area contributed by atoms with E-state index in [1.54, 1.807) is 6.07 Å². The summed E-state index contributed by atoms with van der Waals surface area (Å²) in [6, 6.07) is 4.68. The van der Waals surface area contributed by atoms with Crippen molar-refractivity contribution in [1.82, 2.24) is 14.8 Å². The van der Waals surface area contributed by atoms with E-state index in [-0.39, 0.29) is 5.82 Å². The van der Waals surface area contributed by atoms with E-state index >= 15 is 0 Å². The summed E-state index contributed by atoms with van der Waals surface area (Å²) >= 11 is 0. The third kappa shape index (κ3) is 2.43. The van der Waals surface area contributed by atoms with E-state index in [1.807, 2.05) is 25.5 Å². The first kappa shape index (κ1) is 11.6. The first-order chi connectivity index (χ1) is 8.08. The first-order valence-corrected chi connectivity index (χ1v) is 5.43. The van der Waals surface area contributed by atoms with Crippen LogP contribution in [0.2, 0.25) is 0 Å². The second kappa shape index (κ2) is 4.53. The van der Waals surface area contributed by atoms with Crippen molar-refractivity contribution in [2.24, 2.45) is 7.05 Å². The lowest BCUT2D eigenvalue weighted by atomic mass is 10.2. The fourth-order valence-corrected chi connectivity index (χ4v) is 1.60. The highest BCUT2D eigenvalue weighted by Crippen LogP contribution is 2.16. The van der Waals surface area contributed by atoms with Crippen LogP contribution in [0.25, 0.3) is 0 Å². The lowest BCUT2D eigenvalue weighted by Gasteiger charge is -2.09. The highest BCUT2D eigenvalue weighted by Gasteiger charge is 2.05. The summed E-state index contributed by atoms with van der Waals surface area (Å²) in [6.07, 6.45) is 0. The van der Waals surface area contributed by atoms with Crippen molar-refractivity contribution in [3.05, 3.63) is 41.2 Å². The van der Waals surface area contributed by atoms with Gasteiger partial charge in [0.2, 0.25) is 0 Å². The van der Waals surface area contributed by atoms with Crippen LogP contribution in [0.4, 0.5) is 10.1 Å². The number of rotatable bonds is 3. The van der Waals surface area contributed by atoms with Crippen LogP contribution >= 0.6 is 0 Å². The molecule has 0 spiro atoms. The van der Waals surface area contributed by atoms with Gasteiger partial charge in [0.05, 0.1) is 6.54 Å². The Kier molecular flexibility index (Phi) is 3.08. The van der Waals surface area contributed by atoms with Gasteiger partial charge in [-0.2, -0.15) is 0 Å². The van der Waals surface area contributed by atoms with Crippen molar-refractivity contribution in [1.29, 1.82) is 0 Å². The van der Waals surface area contributed by atoms with Crippen molar-refractivity contribution in [3.63, 3.8) is 0 Å². The van der Waals surface area contributed by atoms with Gasteiger partial charge in [-0.05, 0) is 37.6 Å².